The van der Waals surface area contributed by atoms with Crippen molar-refractivity contribution in [1.29, 1.82) is 0 Å². The minimum absolute atomic E-state index is 0.0516. The first-order chi connectivity index (χ1) is 12.5. The molecule has 2 unspecified atom stereocenters. The number of benzene rings is 1. The van der Waals surface area contributed by atoms with Crippen LogP contribution in [0.3, 0.4) is 0 Å². The van der Waals surface area contributed by atoms with Gasteiger partial charge in [-0.25, -0.2) is 4.98 Å². The zero-order valence-corrected chi connectivity index (χ0v) is 16.6. The van der Waals surface area contributed by atoms with Gasteiger partial charge in [-0.2, -0.15) is 0 Å². The molecular formula is C19H27N3O3S. The van der Waals surface area contributed by atoms with E-state index in [1.807, 2.05) is 32.0 Å². The number of fused-ring (bicyclic) bond motifs is 1. The number of carbonyl (C=O) groups excluding carboxylic acids is 1. The van der Waals surface area contributed by atoms with Gasteiger partial charge in [0.15, 0.2) is 5.16 Å². The smallest absolute Gasteiger partial charge is 0.262 e. The van der Waals surface area contributed by atoms with Crippen LogP contribution in [0.15, 0.2) is 34.2 Å². The first-order valence-electron chi connectivity index (χ1n) is 8.90. The lowest BCUT2D eigenvalue weighted by Crippen LogP contribution is -2.34. The van der Waals surface area contributed by atoms with Crippen LogP contribution in [0.2, 0.25) is 0 Å². The van der Waals surface area contributed by atoms with Gasteiger partial charge in [-0.05, 0) is 32.4 Å². The average Bonchev–Trinajstić information content (AvgIpc) is 2.60. The summed E-state index contributed by atoms with van der Waals surface area (Å²) >= 11 is 1.28. The molecule has 7 heteroatoms. The Morgan fingerprint density at radius 3 is 2.77 bits per heavy atom. The Hall–Kier alpha value is -1.86. The van der Waals surface area contributed by atoms with Crippen molar-refractivity contribution >= 4 is 28.6 Å². The molecule has 1 aromatic heterocycles. The first-order valence-corrected chi connectivity index (χ1v) is 9.88. The monoisotopic (exact) mass is 377 g/mol. The lowest BCUT2D eigenvalue weighted by Gasteiger charge is -2.19. The molecule has 0 spiro atoms. The van der Waals surface area contributed by atoms with Crippen LogP contribution in [-0.2, 0) is 9.53 Å². The van der Waals surface area contributed by atoms with Crippen molar-refractivity contribution in [1.82, 2.24) is 14.9 Å². The molecule has 0 saturated carbocycles. The molecule has 0 aliphatic carbocycles. The van der Waals surface area contributed by atoms with Crippen LogP contribution in [0, 0.1) is 0 Å². The van der Waals surface area contributed by atoms with Crippen molar-refractivity contribution < 1.29 is 9.53 Å². The molecule has 1 heterocycles. The van der Waals surface area contributed by atoms with Gasteiger partial charge in [-0.15, -0.1) is 0 Å². The summed E-state index contributed by atoms with van der Waals surface area (Å²) in [6.45, 7) is 6.39. The molecule has 2 aromatic rings. The SMILES string of the molecule is CCCC(C)NC(=O)CSc1nc2ccccc2c(=O)n1C(C)COC. The third-order valence-electron chi connectivity index (χ3n) is 4.09. The molecule has 0 radical (unpaired) electrons. The Labute approximate surface area is 158 Å². The topological polar surface area (TPSA) is 73.2 Å². The summed E-state index contributed by atoms with van der Waals surface area (Å²) in [6.07, 6.45) is 1.97. The van der Waals surface area contributed by atoms with Crippen molar-refractivity contribution in [2.24, 2.45) is 0 Å². The highest BCUT2D eigenvalue weighted by atomic mass is 32.2. The van der Waals surface area contributed by atoms with Crippen LogP contribution in [-0.4, -0.2) is 41.0 Å². The first kappa shape index (κ1) is 20.5. The van der Waals surface area contributed by atoms with E-state index in [4.69, 9.17) is 4.74 Å². The number of aromatic nitrogens is 2. The van der Waals surface area contributed by atoms with E-state index in [1.54, 1.807) is 17.7 Å². The number of carbonyl (C=O) groups is 1. The molecule has 1 N–H and O–H groups in total. The van der Waals surface area contributed by atoms with Crippen molar-refractivity contribution in [2.75, 3.05) is 19.5 Å². The number of nitrogens with one attached hydrogen (secondary N) is 1. The lowest BCUT2D eigenvalue weighted by molar-refractivity contribution is -0.119. The number of thioether (sulfide) groups is 1. The maximum Gasteiger partial charge on any atom is 0.262 e. The van der Waals surface area contributed by atoms with Crippen molar-refractivity contribution in [3.05, 3.63) is 34.6 Å². The molecular weight excluding hydrogens is 350 g/mol. The number of hydrogen-bond acceptors (Lipinski definition) is 5. The lowest BCUT2D eigenvalue weighted by atomic mass is 10.2. The highest BCUT2D eigenvalue weighted by Crippen LogP contribution is 2.21. The average molecular weight is 378 g/mol. The molecule has 1 amide bonds. The summed E-state index contributed by atoms with van der Waals surface area (Å²) in [4.78, 5) is 29.7. The van der Waals surface area contributed by atoms with Crippen LogP contribution < -0.4 is 10.9 Å². The zero-order valence-electron chi connectivity index (χ0n) is 15.8. The molecule has 26 heavy (non-hydrogen) atoms. The van der Waals surface area contributed by atoms with Gasteiger partial charge in [0.2, 0.25) is 5.91 Å². The number of nitrogens with zero attached hydrogens (tertiary/aromatic N) is 2. The molecule has 0 aliphatic heterocycles. The molecule has 0 bridgehead atoms. The van der Waals surface area contributed by atoms with Gasteiger partial charge in [0.05, 0.1) is 29.3 Å². The Bertz CT molecular complexity index is 806. The Morgan fingerprint density at radius 2 is 2.08 bits per heavy atom. The van der Waals surface area contributed by atoms with E-state index >= 15 is 0 Å². The second kappa shape index (κ2) is 9.73. The minimum Gasteiger partial charge on any atom is -0.383 e. The summed E-state index contributed by atoms with van der Waals surface area (Å²) in [5, 5.41) is 4.09. The van der Waals surface area contributed by atoms with E-state index in [1.165, 1.54) is 11.8 Å². The highest BCUT2D eigenvalue weighted by Gasteiger charge is 2.18. The number of methoxy groups -OCH3 is 1. The molecule has 1 aromatic carbocycles. The van der Waals surface area contributed by atoms with Gasteiger partial charge in [0.25, 0.3) is 5.56 Å². The Balaban J connectivity index is 2.28. The number of amides is 1. The molecule has 0 fully saturated rings. The van der Waals surface area contributed by atoms with Crippen LogP contribution in [0.1, 0.15) is 39.7 Å². The predicted octanol–water partition coefficient (Wildman–Crippen LogP) is 3.00. The maximum absolute atomic E-state index is 12.9. The summed E-state index contributed by atoms with van der Waals surface area (Å²) in [5.74, 6) is 0.169. The summed E-state index contributed by atoms with van der Waals surface area (Å²) in [5.41, 5.74) is 0.531. The fourth-order valence-electron chi connectivity index (χ4n) is 2.88. The molecule has 2 rings (SSSR count). The number of para-hydroxylation sites is 1. The molecule has 0 saturated heterocycles. The predicted molar refractivity (Wildman–Crippen MR) is 106 cm³/mol. The fraction of sp³-hybridized carbons (Fsp3) is 0.526. The number of ether oxygens (including phenoxy) is 1. The van der Waals surface area contributed by atoms with E-state index in [2.05, 4.69) is 17.2 Å². The Kier molecular flexibility index (Phi) is 7.66. The molecule has 0 aliphatic rings. The normalized spacial score (nSPS) is 13.5. The largest absolute Gasteiger partial charge is 0.383 e. The standard InChI is InChI=1S/C19H27N3O3S/c1-5-8-13(2)20-17(23)12-26-19-21-16-10-7-6-9-15(16)18(24)22(19)14(3)11-25-4/h6-7,9-10,13-14H,5,8,11-12H2,1-4H3,(H,20,23). The van der Waals surface area contributed by atoms with E-state index in [0.717, 1.165) is 12.8 Å². The zero-order chi connectivity index (χ0) is 19.1. The van der Waals surface area contributed by atoms with E-state index in [-0.39, 0.29) is 29.3 Å². The minimum atomic E-state index is -0.172. The van der Waals surface area contributed by atoms with Gasteiger partial charge in [-0.1, -0.05) is 37.2 Å². The quantitative estimate of drug-likeness (QED) is 0.537. The summed E-state index contributed by atoms with van der Waals surface area (Å²) in [6, 6.07) is 7.24. The molecule has 2 atom stereocenters. The van der Waals surface area contributed by atoms with Gasteiger partial charge in [-0.3, -0.25) is 14.2 Å². The van der Waals surface area contributed by atoms with Crippen molar-refractivity contribution in [2.45, 2.75) is 50.9 Å². The van der Waals surface area contributed by atoms with Crippen molar-refractivity contribution in [3.63, 3.8) is 0 Å². The van der Waals surface area contributed by atoms with Crippen molar-refractivity contribution in [3.8, 4) is 0 Å². The molecule has 6 nitrogen and oxygen atoms in total. The highest BCUT2D eigenvalue weighted by molar-refractivity contribution is 7.99. The summed E-state index contributed by atoms with van der Waals surface area (Å²) < 4.78 is 6.83. The second-order valence-corrected chi connectivity index (χ2v) is 7.38. The van der Waals surface area contributed by atoms with Crippen LogP contribution in [0.4, 0.5) is 0 Å². The summed E-state index contributed by atoms with van der Waals surface area (Å²) in [7, 11) is 1.60. The van der Waals surface area contributed by atoms with E-state index in [9.17, 15) is 9.59 Å². The van der Waals surface area contributed by atoms with Gasteiger partial charge < -0.3 is 10.1 Å². The van der Waals surface area contributed by atoms with Crippen LogP contribution >= 0.6 is 11.8 Å². The maximum atomic E-state index is 12.9. The van der Waals surface area contributed by atoms with Crippen LogP contribution in [0.25, 0.3) is 10.9 Å². The van der Waals surface area contributed by atoms with Gasteiger partial charge >= 0.3 is 0 Å². The third-order valence-corrected chi connectivity index (χ3v) is 5.04. The molecule has 142 valence electrons. The van der Waals surface area contributed by atoms with Crippen LogP contribution in [0.5, 0.6) is 0 Å². The van der Waals surface area contributed by atoms with Gasteiger partial charge in [0.1, 0.15) is 0 Å². The number of hydrogen-bond donors (Lipinski definition) is 1. The van der Waals surface area contributed by atoms with Gasteiger partial charge in [0, 0.05) is 13.2 Å². The van der Waals surface area contributed by atoms with E-state index in [0.29, 0.717) is 22.7 Å². The second-order valence-electron chi connectivity index (χ2n) is 6.44. The van der Waals surface area contributed by atoms with E-state index < -0.39 is 0 Å². The fourth-order valence-corrected chi connectivity index (χ4v) is 3.79. The third kappa shape index (κ3) is 5.08. The Morgan fingerprint density at radius 1 is 1.35 bits per heavy atom. The number of rotatable bonds is 9.